The molecule has 3 aromatic heterocycles. The van der Waals surface area contributed by atoms with Crippen LogP contribution in [0.25, 0.3) is 28.3 Å². The predicted molar refractivity (Wildman–Crippen MR) is 126 cm³/mol. The van der Waals surface area contributed by atoms with Crippen LogP contribution in [-0.4, -0.2) is 54.6 Å². The average molecular weight is 446 g/mol. The molecule has 5 rings (SSSR count). The first kappa shape index (κ1) is 21.1. The van der Waals surface area contributed by atoms with Gasteiger partial charge in [0.2, 0.25) is 0 Å². The van der Waals surface area contributed by atoms with Crippen molar-refractivity contribution in [2.24, 2.45) is 7.05 Å². The number of aliphatic hydroxyl groups excluding tert-OH is 1. The van der Waals surface area contributed by atoms with Crippen molar-refractivity contribution in [1.29, 1.82) is 0 Å². The maximum Gasteiger partial charge on any atom is 0.251 e. The molecule has 1 aliphatic rings. The minimum atomic E-state index is -0.0216. The lowest BCUT2D eigenvalue weighted by atomic mass is 10.0. The molecule has 1 fully saturated rings. The minimum Gasteiger partial charge on any atom is -0.396 e. The Bertz CT molecular complexity index is 1320. The number of benzene rings is 1. The number of fused-ring (bicyclic) bond motifs is 1. The summed E-state index contributed by atoms with van der Waals surface area (Å²) < 4.78 is 3.60. The van der Waals surface area contributed by atoms with Crippen molar-refractivity contribution in [3.05, 3.63) is 53.9 Å². The summed E-state index contributed by atoms with van der Waals surface area (Å²) in [6, 6.07) is 10.0. The van der Waals surface area contributed by atoms with Crippen LogP contribution >= 0.6 is 0 Å². The lowest BCUT2D eigenvalue weighted by Crippen LogP contribution is -2.26. The van der Waals surface area contributed by atoms with E-state index < -0.39 is 0 Å². The number of aromatic nitrogens is 5. The second-order valence-corrected chi connectivity index (χ2v) is 8.44. The van der Waals surface area contributed by atoms with Gasteiger partial charge in [-0.3, -0.25) is 9.48 Å². The van der Waals surface area contributed by atoms with E-state index in [1.165, 1.54) is 0 Å². The molecule has 9 heteroatoms. The standard InChI is InChI=1S/C24H27N7O2/c1-15-12-16(4-7-18(15)24(33)28-17-5-6-17)22-14-26-23-20(25-9-3-11-32)13-19(29-31(22)23)21-8-10-27-30(21)2/h4,7-8,10,12-14,17,25,32H,3,5-6,9,11H2,1-2H3,(H,28,33). The molecule has 3 heterocycles. The maximum absolute atomic E-state index is 12.5. The van der Waals surface area contributed by atoms with Crippen molar-refractivity contribution in [3.8, 4) is 22.6 Å². The topological polar surface area (TPSA) is 109 Å². The van der Waals surface area contributed by atoms with Crippen LogP contribution in [0.1, 0.15) is 35.2 Å². The number of hydrogen-bond acceptors (Lipinski definition) is 6. The summed E-state index contributed by atoms with van der Waals surface area (Å²) in [4.78, 5) is 17.2. The van der Waals surface area contributed by atoms with E-state index in [0.717, 1.165) is 46.7 Å². The highest BCUT2D eigenvalue weighted by Crippen LogP contribution is 2.29. The highest BCUT2D eigenvalue weighted by molar-refractivity contribution is 5.96. The van der Waals surface area contributed by atoms with Crippen LogP contribution in [0.5, 0.6) is 0 Å². The zero-order valence-electron chi connectivity index (χ0n) is 18.7. The molecule has 0 radical (unpaired) electrons. The Kier molecular flexibility index (Phi) is 5.55. The summed E-state index contributed by atoms with van der Waals surface area (Å²) in [5, 5.41) is 24.7. The molecule has 0 bridgehead atoms. The molecule has 1 aromatic carbocycles. The third-order valence-corrected chi connectivity index (χ3v) is 5.88. The second kappa shape index (κ2) is 8.67. The van der Waals surface area contributed by atoms with Gasteiger partial charge in [0.15, 0.2) is 5.65 Å². The number of aryl methyl sites for hydroxylation is 2. The molecule has 0 spiro atoms. The summed E-state index contributed by atoms with van der Waals surface area (Å²) in [7, 11) is 1.88. The Morgan fingerprint density at radius 3 is 2.76 bits per heavy atom. The van der Waals surface area contributed by atoms with Crippen LogP contribution in [0.4, 0.5) is 5.69 Å². The van der Waals surface area contributed by atoms with Gasteiger partial charge in [-0.1, -0.05) is 6.07 Å². The van der Waals surface area contributed by atoms with Crippen molar-refractivity contribution in [2.75, 3.05) is 18.5 Å². The number of anilines is 1. The lowest BCUT2D eigenvalue weighted by Gasteiger charge is -2.12. The number of carbonyl (C=O) groups is 1. The Balaban J connectivity index is 1.57. The summed E-state index contributed by atoms with van der Waals surface area (Å²) in [5.41, 5.74) is 6.52. The van der Waals surface area contributed by atoms with Gasteiger partial charge in [0.05, 0.1) is 23.3 Å². The molecule has 1 amide bonds. The summed E-state index contributed by atoms with van der Waals surface area (Å²) in [6.07, 6.45) is 6.29. The fourth-order valence-electron chi connectivity index (χ4n) is 3.92. The van der Waals surface area contributed by atoms with Crippen LogP contribution < -0.4 is 10.6 Å². The number of rotatable bonds is 8. The number of nitrogens with one attached hydrogen (secondary N) is 2. The van der Waals surface area contributed by atoms with E-state index in [-0.39, 0.29) is 12.5 Å². The molecule has 0 saturated heterocycles. The first-order chi connectivity index (χ1) is 16.0. The molecule has 3 N–H and O–H groups in total. The highest BCUT2D eigenvalue weighted by Gasteiger charge is 2.24. The maximum atomic E-state index is 12.5. The highest BCUT2D eigenvalue weighted by atomic mass is 16.3. The van der Waals surface area contributed by atoms with Gasteiger partial charge in [0.1, 0.15) is 5.69 Å². The average Bonchev–Trinajstić information content (AvgIpc) is 3.34. The Morgan fingerprint density at radius 1 is 1.21 bits per heavy atom. The molecule has 1 aliphatic carbocycles. The SMILES string of the molecule is Cc1cc(-c2cnc3c(NCCCO)cc(-c4ccnn4C)nn23)ccc1C(=O)NC1CC1. The van der Waals surface area contributed by atoms with Crippen molar-refractivity contribution < 1.29 is 9.90 Å². The van der Waals surface area contributed by atoms with Gasteiger partial charge in [-0.05, 0) is 56.0 Å². The van der Waals surface area contributed by atoms with E-state index in [2.05, 4.69) is 20.7 Å². The van der Waals surface area contributed by atoms with Crippen LogP contribution in [0, 0.1) is 6.92 Å². The zero-order chi connectivity index (χ0) is 22.9. The first-order valence-electron chi connectivity index (χ1n) is 11.2. The van der Waals surface area contributed by atoms with Crippen LogP contribution in [-0.2, 0) is 7.05 Å². The summed E-state index contributed by atoms with van der Waals surface area (Å²) in [6.45, 7) is 2.68. The number of nitrogens with zero attached hydrogens (tertiary/aromatic N) is 5. The molecule has 4 aromatic rings. The fourth-order valence-corrected chi connectivity index (χ4v) is 3.92. The van der Waals surface area contributed by atoms with Crippen molar-refractivity contribution >= 4 is 17.2 Å². The molecule has 0 atom stereocenters. The van der Waals surface area contributed by atoms with Gasteiger partial charge >= 0.3 is 0 Å². The monoisotopic (exact) mass is 445 g/mol. The van der Waals surface area contributed by atoms with Crippen LogP contribution in [0.15, 0.2) is 42.7 Å². The lowest BCUT2D eigenvalue weighted by molar-refractivity contribution is 0.0950. The molecular weight excluding hydrogens is 418 g/mol. The first-order valence-corrected chi connectivity index (χ1v) is 11.2. The Labute approximate surface area is 191 Å². The van der Waals surface area contributed by atoms with E-state index in [9.17, 15) is 9.90 Å². The summed E-state index contributed by atoms with van der Waals surface area (Å²) in [5.74, 6) is -0.0216. The quantitative estimate of drug-likeness (QED) is 0.360. The fraction of sp³-hybridized carbons (Fsp3) is 0.333. The van der Waals surface area contributed by atoms with E-state index in [1.807, 2.05) is 48.8 Å². The minimum absolute atomic E-state index is 0.0216. The van der Waals surface area contributed by atoms with Crippen LogP contribution in [0.2, 0.25) is 0 Å². The largest absolute Gasteiger partial charge is 0.396 e. The smallest absolute Gasteiger partial charge is 0.251 e. The van der Waals surface area contributed by atoms with Gasteiger partial charge in [-0.25, -0.2) is 9.50 Å². The van der Waals surface area contributed by atoms with E-state index >= 15 is 0 Å². The van der Waals surface area contributed by atoms with Crippen LogP contribution in [0.3, 0.4) is 0 Å². The molecule has 9 nitrogen and oxygen atoms in total. The van der Waals surface area contributed by atoms with Gasteiger partial charge in [-0.15, -0.1) is 0 Å². The molecule has 33 heavy (non-hydrogen) atoms. The van der Waals surface area contributed by atoms with Gasteiger partial charge in [-0.2, -0.15) is 10.2 Å². The van der Waals surface area contributed by atoms with E-state index in [0.29, 0.717) is 30.2 Å². The van der Waals surface area contributed by atoms with Gasteiger partial charge < -0.3 is 15.7 Å². The number of carbonyl (C=O) groups excluding carboxylic acids is 1. The van der Waals surface area contributed by atoms with Gasteiger partial charge in [0, 0.05) is 43.6 Å². The number of aliphatic hydroxyl groups is 1. The van der Waals surface area contributed by atoms with E-state index in [4.69, 9.17) is 5.10 Å². The molecule has 0 unspecified atom stereocenters. The Morgan fingerprint density at radius 2 is 2.06 bits per heavy atom. The predicted octanol–water partition coefficient (Wildman–Crippen LogP) is 2.79. The second-order valence-electron chi connectivity index (χ2n) is 8.44. The normalized spacial score (nSPS) is 13.4. The summed E-state index contributed by atoms with van der Waals surface area (Å²) >= 11 is 0. The third-order valence-electron chi connectivity index (χ3n) is 5.88. The van der Waals surface area contributed by atoms with Crippen molar-refractivity contribution in [2.45, 2.75) is 32.2 Å². The number of imidazole rings is 1. The van der Waals surface area contributed by atoms with Crippen molar-refractivity contribution in [3.63, 3.8) is 0 Å². The Hall–Kier alpha value is -3.72. The molecular formula is C24H27N7O2. The zero-order valence-corrected chi connectivity index (χ0v) is 18.7. The molecule has 0 aliphatic heterocycles. The van der Waals surface area contributed by atoms with Crippen molar-refractivity contribution in [1.82, 2.24) is 29.7 Å². The number of amides is 1. The van der Waals surface area contributed by atoms with E-state index in [1.54, 1.807) is 17.1 Å². The third kappa shape index (κ3) is 4.19. The molecule has 1 saturated carbocycles. The number of hydrogen-bond donors (Lipinski definition) is 3. The van der Waals surface area contributed by atoms with Gasteiger partial charge in [0.25, 0.3) is 5.91 Å². The molecule has 170 valence electrons.